The second-order valence-electron chi connectivity index (χ2n) is 8.39. The van der Waals surface area contributed by atoms with Crippen LogP contribution in [0.1, 0.15) is 60.1 Å². The van der Waals surface area contributed by atoms with Crippen LogP contribution in [0.3, 0.4) is 0 Å². The monoisotopic (exact) mass is 464 g/mol. The van der Waals surface area contributed by atoms with Crippen LogP contribution < -0.4 is 10.1 Å². The molecule has 0 unspecified atom stereocenters. The zero-order valence-corrected chi connectivity index (χ0v) is 19.8. The summed E-state index contributed by atoms with van der Waals surface area (Å²) in [4.78, 5) is 36.5. The van der Waals surface area contributed by atoms with Crippen LogP contribution in [0.5, 0.6) is 5.75 Å². The molecule has 0 aliphatic heterocycles. The first-order chi connectivity index (χ1) is 16.4. The molecule has 1 amide bonds. The van der Waals surface area contributed by atoms with Crippen LogP contribution in [0, 0.1) is 6.92 Å². The van der Waals surface area contributed by atoms with Gasteiger partial charge in [-0.15, -0.1) is 0 Å². The van der Waals surface area contributed by atoms with Gasteiger partial charge in [-0.3, -0.25) is 19.0 Å². The lowest BCUT2D eigenvalue weighted by molar-refractivity contribution is -0.137. The summed E-state index contributed by atoms with van der Waals surface area (Å²) in [6.45, 7) is 2.44. The number of carbonyl (C=O) groups excluding carboxylic acids is 2. The Balaban J connectivity index is 1.69. The number of benzene rings is 2. The van der Waals surface area contributed by atoms with Crippen molar-refractivity contribution in [3.05, 3.63) is 65.4 Å². The molecule has 3 aromatic rings. The number of methoxy groups -OCH3 is 1. The highest BCUT2D eigenvalue weighted by atomic mass is 16.5. The van der Waals surface area contributed by atoms with Gasteiger partial charge in [-0.1, -0.05) is 37.5 Å². The lowest BCUT2D eigenvalue weighted by Gasteiger charge is -2.08. The largest absolute Gasteiger partial charge is 0.497 e. The SMILES string of the molecule is COc1ccc2c(c1)c(CC(=O)NCCCCCCCC(=O)O)c(C)n2C(=O)c1ccccc1. The van der Waals surface area contributed by atoms with Gasteiger partial charge in [0, 0.05) is 29.6 Å². The van der Waals surface area contributed by atoms with Crippen molar-refractivity contribution in [2.24, 2.45) is 0 Å². The van der Waals surface area contributed by atoms with E-state index < -0.39 is 5.97 Å². The minimum absolute atomic E-state index is 0.0944. The van der Waals surface area contributed by atoms with Crippen LogP contribution in [0.2, 0.25) is 0 Å². The van der Waals surface area contributed by atoms with Gasteiger partial charge in [-0.05, 0) is 55.7 Å². The molecule has 7 heteroatoms. The Kier molecular flexibility index (Phi) is 8.85. The maximum atomic E-state index is 13.3. The molecular weight excluding hydrogens is 432 g/mol. The molecule has 1 heterocycles. The fourth-order valence-electron chi connectivity index (χ4n) is 4.17. The Labute approximate surface area is 199 Å². The highest BCUT2D eigenvalue weighted by Crippen LogP contribution is 2.30. The molecule has 2 N–H and O–H groups in total. The number of rotatable bonds is 12. The number of unbranched alkanes of at least 4 members (excludes halogenated alkanes) is 4. The average Bonchev–Trinajstić information content (AvgIpc) is 3.11. The maximum Gasteiger partial charge on any atom is 0.303 e. The van der Waals surface area contributed by atoms with Gasteiger partial charge >= 0.3 is 5.97 Å². The van der Waals surface area contributed by atoms with Gasteiger partial charge in [0.05, 0.1) is 19.0 Å². The molecule has 0 aliphatic carbocycles. The minimum Gasteiger partial charge on any atom is -0.497 e. The van der Waals surface area contributed by atoms with Crippen molar-refractivity contribution in [2.75, 3.05) is 13.7 Å². The lowest BCUT2D eigenvalue weighted by atomic mass is 10.1. The van der Waals surface area contributed by atoms with E-state index in [9.17, 15) is 14.4 Å². The second-order valence-corrected chi connectivity index (χ2v) is 8.39. The van der Waals surface area contributed by atoms with E-state index in [0.29, 0.717) is 24.3 Å². The first-order valence-corrected chi connectivity index (χ1v) is 11.7. The van der Waals surface area contributed by atoms with Crippen LogP contribution in [0.15, 0.2) is 48.5 Å². The number of fused-ring (bicyclic) bond motifs is 1. The number of aromatic nitrogens is 1. The van der Waals surface area contributed by atoms with Crippen molar-refractivity contribution in [3.63, 3.8) is 0 Å². The van der Waals surface area contributed by atoms with Crippen LogP contribution in [0.25, 0.3) is 10.9 Å². The molecule has 2 aromatic carbocycles. The number of nitrogens with zero attached hydrogens (tertiary/aromatic N) is 1. The molecule has 180 valence electrons. The smallest absolute Gasteiger partial charge is 0.303 e. The third kappa shape index (κ3) is 6.25. The third-order valence-electron chi connectivity index (χ3n) is 5.99. The summed E-state index contributed by atoms with van der Waals surface area (Å²) in [7, 11) is 1.59. The van der Waals surface area contributed by atoms with Gasteiger partial charge in [-0.25, -0.2) is 0 Å². The predicted molar refractivity (Wildman–Crippen MR) is 131 cm³/mol. The van der Waals surface area contributed by atoms with Crippen LogP contribution in [0.4, 0.5) is 0 Å². The number of hydrogen-bond acceptors (Lipinski definition) is 4. The van der Waals surface area contributed by atoms with Crippen molar-refractivity contribution in [1.82, 2.24) is 9.88 Å². The molecule has 0 fully saturated rings. The second kappa shape index (κ2) is 12.0. The quantitative estimate of drug-likeness (QED) is 0.378. The summed E-state index contributed by atoms with van der Waals surface area (Å²) >= 11 is 0. The summed E-state index contributed by atoms with van der Waals surface area (Å²) in [5, 5.41) is 12.5. The van der Waals surface area contributed by atoms with E-state index in [4.69, 9.17) is 9.84 Å². The van der Waals surface area contributed by atoms with Crippen LogP contribution >= 0.6 is 0 Å². The van der Waals surface area contributed by atoms with Crippen molar-refractivity contribution < 1.29 is 24.2 Å². The molecule has 0 aliphatic rings. The normalized spacial score (nSPS) is 10.9. The van der Waals surface area contributed by atoms with Crippen LogP contribution in [-0.4, -0.2) is 41.1 Å². The summed E-state index contributed by atoms with van der Waals surface area (Å²) < 4.78 is 7.05. The highest BCUT2D eigenvalue weighted by Gasteiger charge is 2.21. The molecule has 0 atom stereocenters. The van der Waals surface area contributed by atoms with Gasteiger partial charge in [0.1, 0.15) is 5.75 Å². The van der Waals surface area contributed by atoms with Gasteiger partial charge in [0.25, 0.3) is 5.91 Å². The molecule has 0 spiro atoms. The molecule has 0 saturated heterocycles. The van der Waals surface area contributed by atoms with E-state index >= 15 is 0 Å². The van der Waals surface area contributed by atoms with Gasteiger partial charge < -0.3 is 15.2 Å². The number of ether oxygens (including phenoxy) is 1. The average molecular weight is 465 g/mol. The Morgan fingerprint density at radius 2 is 1.68 bits per heavy atom. The van der Waals surface area contributed by atoms with Crippen LogP contribution in [-0.2, 0) is 16.0 Å². The number of aliphatic carboxylic acids is 1. The zero-order chi connectivity index (χ0) is 24.5. The molecule has 3 rings (SSSR count). The number of carbonyl (C=O) groups is 3. The zero-order valence-electron chi connectivity index (χ0n) is 19.8. The standard InChI is InChI=1S/C27H32N2O5/c1-19-22(18-25(30)28-16-10-5-3-4-9-13-26(31)32)23-17-21(34-2)14-15-24(23)29(19)27(33)20-11-7-6-8-12-20/h6-8,11-12,14-15,17H,3-5,9-10,13,16,18H2,1-2H3,(H,28,30)(H,31,32). The summed E-state index contributed by atoms with van der Waals surface area (Å²) in [5.41, 5.74) is 2.88. The summed E-state index contributed by atoms with van der Waals surface area (Å²) in [6.07, 6.45) is 4.70. The van der Waals surface area contributed by atoms with Gasteiger partial charge in [-0.2, -0.15) is 0 Å². The van der Waals surface area contributed by atoms with Gasteiger partial charge in [0.15, 0.2) is 0 Å². The Morgan fingerprint density at radius 1 is 0.971 bits per heavy atom. The molecule has 7 nitrogen and oxygen atoms in total. The first kappa shape index (κ1) is 25.0. The fourth-order valence-corrected chi connectivity index (χ4v) is 4.17. The Bertz CT molecular complexity index is 1150. The molecule has 34 heavy (non-hydrogen) atoms. The highest BCUT2D eigenvalue weighted by molar-refractivity contribution is 6.05. The topological polar surface area (TPSA) is 97.6 Å². The molecule has 0 saturated carbocycles. The van der Waals surface area contributed by atoms with E-state index in [-0.39, 0.29) is 24.7 Å². The van der Waals surface area contributed by atoms with E-state index in [2.05, 4.69) is 5.32 Å². The minimum atomic E-state index is -0.757. The van der Waals surface area contributed by atoms with E-state index in [1.165, 1.54) is 0 Å². The Hall–Kier alpha value is -3.61. The maximum absolute atomic E-state index is 13.3. The first-order valence-electron chi connectivity index (χ1n) is 11.7. The van der Waals surface area contributed by atoms with E-state index in [0.717, 1.165) is 47.8 Å². The lowest BCUT2D eigenvalue weighted by Crippen LogP contribution is -2.26. The third-order valence-corrected chi connectivity index (χ3v) is 5.99. The van der Waals surface area contributed by atoms with Crippen molar-refractivity contribution in [2.45, 2.75) is 51.9 Å². The van der Waals surface area contributed by atoms with Crippen molar-refractivity contribution in [1.29, 1.82) is 0 Å². The number of hydrogen-bond donors (Lipinski definition) is 2. The number of amides is 1. The van der Waals surface area contributed by atoms with Gasteiger partial charge in [0.2, 0.25) is 5.91 Å². The fraction of sp³-hybridized carbons (Fsp3) is 0.370. The van der Waals surface area contributed by atoms with Crippen molar-refractivity contribution >= 4 is 28.7 Å². The summed E-state index contributed by atoms with van der Waals surface area (Å²) in [6, 6.07) is 14.6. The number of carboxylic acids is 1. The predicted octanol–water partition coefficient (Wildman–Crippen LogP) is 4.73. The number of nitrogens with one attached hydrogen (secondary N) is 1. The number of carboxylic acid groups (broad SMARTS) is 1. The van der Waals surface area contributed by atoms with E-state index in [1.54, 1.807) is 23.8 Å². The molecule has 1 aromatic heterocycles. The van der Waals surface area contributed by atoms with E-state index in [1.807, 2.05) is 43.3 Å². The van der Waals surface area contributed by atoms with Crippen molar-refractivity contribution in [3.8, 4) is 5.75 Å². The molecular formula is C27H32N2O5. The summed E-state index contributed by atoms with van der Waals surface area (Å²) in [5.74, 6) is -0.320. The molecule has 0 radical (unpaired) electrons. The molecule has 0 bridgehead atoms. The Morgan fingerprint density at radius 3 is 2.38 bits per heavy atom.